The molecule has 2 aromatic rings. The van der Waals surface area contributed by atoms with Gasteiger partial charge in [-0.25, -0.2) is 4.98 Å². The van der Waals surface area contributed by atoms with E-state index in [2.05, 4.69) is 15.4 Å². The number of aromatic nitrogens is 4. The number of imidazole rings is 1. The van der Waals surface area contributed by atoms with Gasteiger partial charge in [0.1, 0.15) is 11.9 Å². The number of hydrogen-bond donors (Lipinski definition) is 1. The van der Waals surface area contributed by atoms with Crippen LogP contribution in [0.25, 0.3) is 0 Å². The minimum absolute atomic E-state index is 0.0524. The summed E-state index contributed by atoms with van der Waals surface area (Å²) in [7, 11) is 3.70. The molecule has 0 spiro atoms. The lowest BCUT2D eigenvalue weighted by Gasteiger charge is -2.18. The Morgan fingerprint density at radius 1 is 1.50 bits per heavy atom. The number of methoxy groups -OCH3 is 1. The molecule has 0 bridgehead atoms. The van der Waals surface area contributed by atoms with E-state index in [-0.39, 0.29) is 12.1 Å². The summed E-state index contributed by atoms with van der Waals surface area (Å²) < 4.78 is 14.9. The van der Waals surface area contributed by atoms with Crippen LogP contribution in [0.4, 0.5) is 0 Å². The Morgan fingerprint density at radius 3 is 3.18 bits per heavy atom. The quantitative estimate of drug-likeness (QED) is 0.823. The molecule has 1 fully saturated rings. The predicted molar refractivity (Wildman–Crippen MR) is 81.2 cm³/mol. The molecule has 22 heavy (non-hydrogen) atoms. The molecule has 0 saturated carbocycles. The van der Waals surface area contributed by atoms with Crippen molar-refractivity contribution in [2.24, 2.45) is 7.05 Å². The van der Waals surface area contributed by atoms with Crippen LogP contribution in [0.5, 0.6) is 0 Å². The normalized spacial score (nSPS) is 21.5. The van der Waals surface area contributed by atoms with Crippen LogP contribution in [0.3, 0.4) is 0 Å². The average Bonchev–Trinajstić information content (AvgIpc) is 3.23. The maximum Gasteiger partial charge on any atom is 0.122 e. The highest BCUT2D eigenvalue weighted by atomic mass is 16.5. The van der Waals surface area contributed by atoms with Gasteiger partial charge in [-0.15, -0.1) is 0 Å². The molecule has 0 aliphatic carbocycles. The number of nitrogens with one attached hydrogen (secondary N) is 1. The molecule has 1 N–H and O–H groups in total. The van der Waals surface area contributed by atoms with Crippen LogP contribution in [-0.2, 0) is 29.6 Å². The van der Waals surface area contributed by atoms with Crippen molar-refractivity contribution >= 4 is 0 Å². The fraction of sp³-hybridized carbons (Fsp3) is 0.600. The van der Waals surface area contributed by atoms with Crippen LogP contribution in [0, 0.1) is 0 Å². The van der Waals surface area contributed by atoms with E-state index in [0.717, 1.165) is 37.5 Å². The molecule has 0 aromatic carbocycles. The first kappa shape index (κ1) is 15.2. The van der Waals surface area contributed by atoms with E-state index in [1.165, 1.54) is 0 Å². The average molecular weight is 305 g/mol. The maximum atomic E-state index is 5.90. The van der Waals surface area contributed by atoms with Gasteiger partial charge in [-0.3, -0.25) is 4.68 Å². The zero-order valence-corrected chi connectivity index (χ0v) is 13.1. The molecule has 0 unspecified atom stereocenters. The Bertz CT molecular complexity index is 594. The Kier molecular flexibility index (Phi) is 4.87. The molecule has 2 atom stereocenters. The van der Waals surface area contributed by atoms with Crippen molar-refractivity contribution in [1.29, 1.82) is 0 Å². The second-order valence-corrected chi connectivity index (χ2v) is 5.55. The van der Waals surface area contributed by atoms with Gasteiger partial charge in [0, 0.05) is 51.0 Å². The Labute approximate surface area is 130 Å². The monoisotopic (exact) mass is 305 g/mol. The van der Waals surface area contributed by atoms with Crippen molar-refractivity contribution in [3.8, 4) is 0 Å². The van der Waals surface area contributed by atoms with Crippen LogP contribution >= 0.6 is 0 Å². The lowest BCUT2D eigenvalue weighted by atomic mass is 10.1. The molecular weight excluding hydrogens is 282 g/mol. The van der Waals surface area contributed by atoms with Gasteiger partial charge in [0.25, 0.3) is 0 Å². The first-order valence-corrected chi connectivity index (χ1v) is 7.60. The summed E-state index contributed by atoms with van der Waals surface area (Å²) in [5, 5.41) is 7.93. The molecule has 7 heteroatoms. The summed E-state index contributed by atoms with van der Waals surface area (Å²) in [6.45, 7) is 2.93. The first-order valence-electron chi connectivity index (χ1n) is 7.60. The van der Waals surface area contributed by atoms with E-state index in [9.17, 15) is 0 Å². The van der Waals surface area contributed by atoms with Crippen LogP contribution in [0.1, 0.15) is 23.9 Å². The largest absolute Gasteiger partial charge is 0.383 e. The standard InChI is InChI=1S/C15H23N5O2/c1-19-5-4-16-14(19)10-17-13-3-7-22-15(13)12-9-18-20(11-12)6-8-21-2/h4-5,9,11,13,15,17H,3,6-8,10H2,1-2H3/t13-,15+/m0/s1. The van der Waals surface area contributed by atoms with Gasteiger partial charge >= 0.3 is 0 Å². The number of nitrogens with zero attached hydrogens (tertiary/aromatic N) is 4. The Balaban J connectivity index is 1.60. The molecule has 120 valence electrons. The predicted octanol–water partition coefficient (Wildman–Crippen LogP) is 0.883. The third-order valence-electron chi connectivity index (χ3n) is 4.04. The van der Waals surface area contributed by atoms with Crippen molar-refractivity contribution < 1.29 is 9.47 Å². The summed E-state index contributed by atoms with van der Waals surface area (Å²) in [5.41, 5.74) is 1.12. The van der Waals surface area contributed by atoms with Gasteiger partial charge in [-0.2, -0.15) is 5.10 Å². The van der Waals surface area contributed by atoms with Gasteiger partial charge in [0.15, 0.2) is 0 Å². The van der Waals surface area contributed by atoms with Crippen molar-refractivity contribution in [3.63, 3.8) is 0 Å². The number of aryl methyl sites for hydroxylation is 1. The van der Waals surface area contributed by atoms with Gasteiger partial charge in [0.05, 0.1) is 25.9 Å². The van der Waals surface area contributed by atoms with E-state index in [1.54, 1.807) is 7.11 Å². The second kappa shape index (κ2) is 7.04. The zero-order chi connectivity index (χ0) is 15.4. The van der Waals surface area contributed by atoms with E-state index < -0.39 is 0 Å². The van der Waals surface area contributed by atoms with Crippen molar-refractivity contribution in [2.75, 3.05) is 20.3 Å². The smallest absolute Gasteiger partial charge is 0.122 e. The third kappa shape index (κ3) is 3.37. The molecular formula is C15H23N5O2. The van der Waals surface area contributed by atoms with Gasteiger partial charge in [-0.1, -0.05) is 0 Å². The lowest BCUT2D eigenvalue weighted by Crippen LogP contribution is -2.32. The van der Waals surface area contributed by atoms with Crippen LogP contribution in [0.2, 0.25) is 0 Å². The minimum Gasteiger partial charge on any atom is -0.383 e. The summed E-state index contributed by atoms with van der Waals surface area (Å²) in [6.07, 6.45) is 8.76. The van der Waals surface area contributed by atoms with E-state index in [1.807, 2.05) is 41.1 Å². The summed E-state index contributed by atoms with van der Waals surface area (Å²) in [5.74, 6) is 1.03. The molecule has 3 heterocycles. The summed E-state index contributed by atoms with van der Waals surface area (Å²) >= 11 is 0. The Hall–Kier alpha value is -1.70. The molecule has 0 radical (unpaired) electrons. The van der Waals surface area contributed by atoms with Gasteiger partial charge in [-0.05, 0) is 6.42 Å². The molecule has 2 aromatic heterocycles. The minimum atomic E-state index is 0.0524. The van der Waals surface area contributed by atoms with Gasteiger partial charge < -0.3 is 19.4 Å². The number of hydrogen-bond acceptors (Lipinski definition) is 5. The topological polar surface area (TPSA) is 66.1 Å². The van der Waals surface area contributed by atoms with E-state index >= 15 is 0 Å². The van der Waals surface area contributed by atoms with Crippen molar-refractivity contribution in [2.45, 2.75) is 31.7 Å². The lowest BCUT2D eigenvalue weighted by molar-refractivity contribution is 0.0981. The van der Waals surface area contributed by atoms with E-state index in [4.69, 9.17) is 9.47 Å². The maximum absolute atomic E-state index is 5.90. The van der Waals surface area contributed by atoms with Crippen LogP contribution in [-0.4, -0.2) is 45.7 Å². The van der Waals surface area contributed by atoms with Gasteiger partial charge in [0.2, 0.25) is 0 Å². The number of rotatable bonds is 7. The molecule has 7 nitrogen and oxygen atoms in total. The summed E-state index contributed by atoms with van der Waals surface area (Å²) in [6, 6.07) is 0.289. The SMILES string of the molecule is COCCn1cc([C@H]2OCC[C@@H]2NCc2nccn2C)cn1. The highest BCUT2D eigenvalue weighted by Crippen LogP contribution is 2.29. The zero-order valence-electron chi connectivity index (χ0n) is 13.1. The second-order valence-electron chi connectivity index (χ2n) is 5.55. The third-order valence-corrected chi connectivity index (χ3v) is 4.04. The van der Waals surface area contributed by atoms with Crippen LogP contribution < -0.4 is 5.32 Å². The fourth-order valence-corrected chi connectivity index (χ4v) is 2.75. The fourth-order valence-electron chi connectivity index (χ4n) is 2.75. The van der Waals surface area contributed by atoms with Crippen LogP contribution in [0.15, 0.2) is 24.8 Å². The van der Waals surface area contributed by atoms with Crippen molar-refractivity contribution in [1.82, 2.24) is 24.6 Å². The Morgan fingerprint density at radius 2 is 2.41 bits per heavy atom. The molecule has 1 saturated heterocycles. The number of ether oxygens (including phenoxy) is 2. The summed E-state index contributed by atoms with van der Waals surface area (Å²) in [4.78, 5) is 4.34. The van der Waals surface area contributed by atoms with Crippen molar-refractivity contribution in [3.05, 3.63) is 36.2 Å². The molecule has 1 aliphatic heterocycles. The molecule has 0 amide bonds. The highest BCUT2D eigenvalue weighted by Gasteiger charge is 2.30. The molecule has 1 aliphatic rings. The first-order chi connectivity index (χ1) is 10.8. The van der Waals surface area contributed by atoms with E-state index in [0.29, 0.717) is 6.61 Å². The highest BCUT2D eigenvalue weighted by molar-refractivity contribution is 5.13. The molecule has 3 rings (SSSR count).